The molecule has 0 saturated heterocycles. The molecule has 18 heavy (non-hydrogen) atoms. The predicted molar refractivity (Wildman–Crippen MR) is 81.2 cm³/mol. The highest BCUT2D eigenvalue weighted by Crippen LogP contribution is 2.16. The van der Waals surface area contributed by atoms with E-state index >= 15 is 0 Å². The van der Waals surface area contributed by atoms with E-state index < -0.39 is 0 Å². The van der Waals surface area contributed by atoms with Crippen molar-refractivity contribution in [3.63, 3.8) is 0 Å². The van der Waals surface area contributed by atoms with Crippen molar-refractivity contribution in [2.45, 2.75) is 40.2 Å². The van der Waals surface area contributed by atoms with Crippen LogP contribution in [-0.2, 0) is 0 Å². The third-order valence-electron chi connectivity index (χ3n) is 3.72. The van der Waals surface area contributed by atoms with Gasteiger partial charge in [0.15, 0.2) is 0 Å². The Morgan fingerprint density at radius 3 is 2.28 bits per heavy atom. The topological polar surface area (TPSA) is 15.3 Å². The summed E-state index contributed by atoms with van der Waals surface area (Å²) in [5.41, 5.74) is 1.33. The van der Waals surface area contributed by atoms with Gasteiger partial charge >= 0.3 is 0 Å². The summed E-state index contributed by atoms with van der Waals surface area (Å²) in [6.07, 6.45) is 1.23. The van der Waals surface area contributed by atoms with E-state index in [1.165, 1.54) is 12.1 Å². The molecule has 0 heterocycles. The van der Waals surface area contributed by atoms with Crippen molar-refractivity contribution in [1.29, 1.82) is 0 Å². The van der Waals surface area contributed by atoms with Crippen molar-refractivity contribution in [2.24, 2.45) is 5.92 Å². The molecule has 2 atom stereocenters. The number of anilines is 1. The maximum Gasteiger partial charge on any atom is 0.0366 e. The van der Waals surface area contributed by atoms with E-state index in [9.17, 15) is 0 Å². The molecule has 1 N–H and O–H groups in total. The number of benzene rings is 1. The van der Waals surface area contributed by atoms with Crippen LogP contribution in [0.3, 0.4) is 0 Å². The van der Waals surface area contributed by atoms with Crippen LogP contribution in [0.2, 0.25) is 0 Å². The lowest BCUT2D eigenvalue weighted by Crippen LogP contribution is -2.45. The Morgan fingerprint density at radius 2 is 1.78 bits per heavy atom. The van der Waals surface area contributed by atoms with Gasteiger partial charge < -0.3 is 10.2 Å². The van der Waals surface area contributed by atoms with Gasteiger partial charge in [0.1, 0.15) is 0 Å². The molecule has 0 aliphatic carbocycles. The largest absolute Gasteiger partial charge is 0.370 e. The smallest absolute Gasteiger partial charge is 0.0366 e. The Morgan fingerprint density at radius 1 is 1.11 bits per heavy atom. The Labute approximate surface area is 112 Å². The first kappa shape index (κ1) is 15.0. The van der Waals surface area contributed by atoms with Crippen LogP contribution in [0.15, 0.2) is 30.3 Å². The summed E-state index contributed by atoms with van der Waals surface area (Å²) in [5.74, 6) is 0.711. The highest BCUT2D eigenvalue weighted by molar-refractivity contribution is 5.46. The van der Waals surface area contributed by atoms with Crippen molar-refractivity contribution in [1.82, 2.24) is 5.32 Å². The van der Waals surface area contributed by atoms with Gasteiger partial charge in [-0.3, -0.25) is 0 Å². The second kappa shape index (κ2) is 8.15. The summed E-state index contributed by atoms with van der Waals surface area (Å²) >= 11 is 0. The van der Waals surface area contributed by atoms with Gasteiger partial charge in [0.05, 0.1) is 0 Å². The molecule has 1 aromatic rings. The summed E-state index contributed by atoms with van der Waals surface area (Å²) in [6, 6.07) is 11.3. The number of para-hydroxylation sites is 1. The molecular weight excluding hydrogens is 220 g/mol. The number of nitrogens with one attached hydrogen (secondary N) is 1. The molecule has 0 aliphatic heterocycles. The normalized spacial score (nSPS) is 14.2. The van der Waals surface area contributed by atoms with Gasteiger partial charge in [-0.25, -0.2) is 0 Å². The first-order chi connectivity index (χ1) is 8.72. The molecule has 0 fully saturated rings. The molecule has 0 saturated carbocycles. The Kier molecular flexibility index (Phi) is 6.81. The van der Waals surface area contributed by atoms with Crippen molar-refractivity contribution in [2.75, 3.05) is 24.5 Å². The van der Waals surface area contributed by atoms with Crippen LogP contribution in [-0.4, -0.2) is 25.7 Å². The summed E-state index contributed by atoms with van der Waals surface area (Å²) in [5, 5.41) is 3.63. The van der Waals surface area contributed by atoms with Crippen molar-refractivity contribution in [3.8, 4) is 0 Å². The number of rotatable bonds is 8. The van der Waals surface area contributed by atoms with Crippen LogP contribution in [0.4, 0.5) is 5.69 Å². The molecule has 0 bridgehead atoms. The van der Waals surface area contributed by atoms with Gasteiger partial charge in [-0.05, 0) is 31.5 Å². The fraction of sp³-hybridized carbons (Fsp3) is 0.625. The highest BCUT2D eigenvalue weighted by Gasteiger charge is 2.17. The second-order valence-electron chi connectivity index (χ2n) is 4.92. The maximum atomic E-state index is 3.63. The van der Waals surface area contributed by atoms with Gasteiger partial charge in [-0.15, -0.1) is 0 Å². The number of hydrogen-bond donors (Lipinski definition) is 1. The lowest BCUT2D eigenvalue weighted by atomic mass is 9.98. The van der Waals surface area contributed by atoms with E-state index in [1.54, 1.807) is 0 Å². The summed E-state index contributed by atoms with van der Waals surface area (Å²) in [4.78, 5) is 2.46. The quantitative estimate of drug-likeness (QED) is 0.757. The monoisotopic (exact) mass is 248 g/mol. The van der Waals surface area contributed by atoms with Crippen LogP contribution >= 0.6 is 0 Å². The second-order valence-corrected chi connectivity index (χ2v) is 4.92. The zero-order valence-electron chi connectivity index (χ0n) is 12.3. The third-order valence-corrected chi connectivity index (χ3v) is 3.72. The van der Waals surface area contributed by atoms with E-state index in [-0.39, 0.29) is 0 Å². The first-order valence-corrected chi connectivity index (χ1v) is 7.26. The molecular formula is C16H28N2. The van der Waals surface area contributed by atoms with Crippen LogP contribution in [0.25, 0.3) is 0 Å². The Balaban J connectivity index is 2.70. The van der Waals surface area contributed by atoms with Gasteiger partial charge in [0, 0.05) is 24.8 Å². The third kappa shape index (κ3) is 4.34. The Hall–Kier alpha value is -1.02. The fourth-order valence-corrected chi connectivity index (χ4v) is 2.29. The number of nitrogens with zero attached hydrogens (tertiary/aromatic N) is 1. The molecule has 1 aromatic carbocycles. The van der Waals surface area contributed by atoms with Crippen LogP contribution in [0.1, 0.15) is 34.1 Å². The minimum atomic E-state index is 0.570. The average Bonchev–Trinajstić information content (AvgIpc) is 2.43. The minimum Gasteiger partial charge on any atom is -0.370 e. The molecule has 0 aliphatic rings. The van der Waals surface area contributed by atoms with Crippen molar-refractivity contribution in [3.05, 3.63) is 30.3 Å². The van der Waals surface area contributed by atoms with Gasteiger partial charge in [-0.2, -0.15) is 0 Å². The van der Waals surface area contributed by atoms with E-state index in [4.69, 9.17) is 0 Å². The number of likely N-dealkylation sites (N-methyl/N-ethyl adjacent to an activating group) is 2. The molecule has 0 aromatic heterocycles. The molecule has 0 radical (unpaired) electrons. The van der Waals surface area contributed by atoms with Crippen LogP contribution in [0.5, 0.6) is 0 Å². The SMILES string of the molecule is CCNC(CN(CC)c1ccccc1)C(C)CC. The minimum absolute atomic E-state index is 0.570. The molecule has 102 valence electrons. The highest BCUT2D eigenvalue weighted by atomic mass is 15.1. The van der Waals surface area contributed by atoms with Crippen molar-refractivity contribution >= 4 is 5.69 Å². The molecule has 2 heteroatoms. The summed E-state index contributed by atoms with van der Waals surface area (Å²) in [7, 11) is 0. The molecule has 0 amide bonds. The lowest BCUT2D eigenvalue weighted by Gasteiger charge is -2.32. The Bertz CT molecular complexity index is 310. The maximum absolute atomic E-state index is 3.63. The van der Waals surface area contributed by atoms with E-state index in [2.05, 4.69) is 68.2 Å². The van der Waals surface area contributed by atoms with Crippen LogP contribution < -0.4 is 10.2 Å². The predicted octanol–water partition coefficient (Wildman–Crippen LogP) is 3.54. The first-order valence-electron chi connectivity index (χ1n) is 7.26. The zero-order valence-corrected chi connectivity index (χ0v) is 12.3. The summed E-state index contributed by atoms with van der Waals surface area (Å²) < 4.78 is 0. The lowest BCUT2D eigenvalue weighted by molar-refractivity contribution is 0.373. The fourth-order valence-electron chi connectivity index (χ4n) is 2.29. The average molecular weight is 248 g/mol. The molecule has 2 unspecified atom stereocenters. The summed E-state index contributed by atoms with van der Waals surface area (Å²) in [6.45, 7) is 12.2. The van der Waals surface area contributed by atoms with E-state index in [0.29, 0.717) is 12.0 Å². The van der Waals surface area contributed by atoms with E-state index in [0.717, 1.165) is 19.6 Å². The molecule has 2 nitrogen and oxygen atoms in total. The van der Waals surface area contributed by atoms with Crippen molar-refractivity contribution < 1.29 is 0 Å². The van der Waals surface area contributed by atoms with Gasteiger partial charge in [0.2, 0.25) is 0 Å². The zero-order chi connectivity index (χ0) is 13.4. The van der Waals surface area contributed by atoms with Crippen LogP contribution in [0, 0.1) is 5.92 Å². The molecule has 1 rings (SSSR count). The van der Waals surface area contributed by atoms with Gasteiger partial charge in [-0.1, -0.05) is 45.4 Å². The standard InChI is InChI=1S/C16H28N2/c1-5-14(4)16(17-6-2)13-18(7-3)15-11-9-8-10-12-15/h8-12,14,16-17H,5-7,13H2,1-4H3. The molecule has 0 spiro atoms. The number of hydrogen-bond acceptors (Lipinski definition) is 2. The van der Waals surface area contributed by atoms with Gasteiger partial charge in [0.25, 0.3) is 0 Å². The van der Waals surface area contributed by atoms with E-state index in [1.807, 2.05) is 0 Å².